The Balaban J connectivity index is 1.73. The van der Waals surface area contributed by atoms with Gasteiger partial charge in [-0.25, -0.2) is 0 Å². The van der Waals surface area contributed by atoms with Crippen molar-refractivity contribution in [2.24, 2.45) is 0 Å². The van der Waals surface area contributed by atoms with Gasteiger partial charge in [0.2, 0.25) is 0 Å². The number of nitrogens with one attached hydrogen (secondary N) is 1. The summed E-state index contributed by atoms with van der Waals surface area (Å²) in [5, 5.41) is 3.68. The number of halogens is 1. The zero-order valence-electron chi connectivity index (χ0n) is 11.2. The van der Waals surface area contributed by atoms with Crippen LogP contribution in [0.4, 0.5) is 0 Å². The maximum Gasteiger partial charge on any atom is 0.0701 e. The minimum absolute atomic E-state index is 0.0852. The van der Waals surface area contributed by atoms with E-state index in [1.165, 1.54) is 8.66 Å². The highest BCUT2D eigenvalue weighted by Crippen LogP contribution is 2.28. The normalized spacial score (nSPS) is 28.5. The summed E-state index contributed by atoms with van der Waals surface area (Å²) in [5.41, 5.74) is 0.0852. The minimum Gasteiger partial charge on any atom is -0.375 e. The Kier molecular flexibility index (Phi) is 5.24. The Morgan fingerprint density at radius 1 is 1.56 bits per heavy atom. The molecule has 102 valence electrons. The van der Waals surface area contributed by atoms with Crippen LogP contribution in [0, 0.1) is 0 Å². The van der Waals surface area contributed by atoms with Crippen molar-refractivity contribution in [3.8, 4) is 0 Å². The first kappa shape index (κ1) is 14.5. The summed E-state index contributed by atoms with van der Waals surface area (Å²) < 4.78 is 7.09. The van der Waals surface area contributed by atoms with Crippen LogP contribution < -0.4 is 5.32 Å². The summed E-state index contributed by atoms with van der Waals surface area (Å²) in [7, 11) is 0. The third-order valence-corrected chi connectivity index (χ3v) is 5.46. The second kappa shape index (κ2) is 6.51. The average Bonchev–Trinajstić information content (AvgIpc) is 2.75. The Labute approximate surface area is 122 Å². The summed E-state index contributed by atoms with van der Waals surface area (Å²) in [4.78, 5) is 1.44. The molecule has 0 aromatic carbocycles. The van der Waals surface area contributed by atoms with Gasteiger partial charge < -0.3 is 10.1 Å². The lowest BCUT2D eigenvalue weighted by Gasteiger charge is -2.38. The van der Waals surface area contributed by atoms with Crippen molar-refractivity contribution in [2.45, 2.75) is 51.2 Å². The van der Waals surface area contributed by atoms with E-state index in [1.54, 1.807) is 0 Å². The SMILES string of the molecule is CCC1(C)CC(NCCc2ccc(Br)s2)CCO1. The van der Waals surface area contributed by atoms with E-state index in [0.29, 0.717) is 6.04 Å². The van der Waals surface area contributed by atoms with Gasteiger partial charge in [-0.15, -0.1) is 11.3 Å². The highest BCUT2D eigenvalue weighted by molar-refractivity contribution is 9.11. The monoisotopic (exact) mass is 331 g/mol. The van der Waals surface area contributed by atoms with E-state index < -0.39 is 0 Å². The van der Waals surface area contributed by atoms with Crippen LogP contribution in [-0.4, -0.2) is 24.8 Å². The van der Waals surface area contributed by atoms with Crippen molar-refractivity contribution < 1.29 is 4.74 Å². The highest BCUT2D eigenvalue weighted by atomic mass is 79.9. The molecule has 0 bridgehead atoms. The molecule has 1 aromatic rings. The molecule has 1 saturated heterocycles. The van der Waals surface area contributed by atoms with E-state index in [0.717, 1.165) is 38.8 Å². The first-order chi connectivity index (χ1) is 8.61. The number of thiophene rings is 1. The van der Waals surface area contributed by atoms with Gasteiger partial charge in [-0.05, 0) is 60.7 Å². The molecule has 0 radical (unpaired) electrons. The van der Waals surface area contributed by atoms with Gasteiger partial charge in [0.05, 0.1) is 9.39 Å². The molecule has 2 heterocycles. The minimum atomic E-state index is 0.0852. The molecule has 0 aliphatic carbocycles. The van der Waals surface area contributed by atoms with E-state index in [-0.39, 0.29) is 5.60 Å². The van der Waals surface area contributed by atoms with E-state index >= 15 is 0 Å². The van der Waals surface area contributed by atoms with Crippen LogP contribution in [0.1, 0.15) is 38.0 Å². The maximum atomic E-state index is 5.87. The van der Waals surface area contributed by atoms with Gasteiger partial charge in [0.15, 0.2) is 0 Å². The van der Waals surface area contributed by atoms with Gasteiger partial charge in [-0.2, -0.15) is 0 Å². The van der Waals surface area contributed by atoms with E-state index in [4.69, 9.17) is 4.74 Å². The molecule has 4 heteroatoms. The number of hydrogen-bond donors (Lipinski definition) is 1. The zero-order chi connectivity index (χ0) is 13.0. The molecule has 2 atom stereocenters. The van der Waals surface area contributed by atoms with Crippen molar-refractivity contribution in [2.75, 3.05) is 13.2 Å². The third-order valence-electron chi connectivity index (χ3n) is 3.78. The van der Waals surface area contributed by atoms with Crippen LogP contribution in [-0.2, 0) is 11.2 Å². The smallest absolute Gasteiger partial charge is 0.0701 e. The molecule has 1 aliphatic rings. The van der Waals surface area contributed by atoms with E-state index in [9.17, 15) is 0 Å². The molecule has 2 rings (SSSR count). The fourth-order valence-electron chi connectivity index (χ4n) is 2.44. The average molecular weight is 332 g/mol. The second-order valence-corrected chi connectivity index (χ2v) is 7.80. The quantitative estimate of drug-likeness (QED) is 0.880. The molecule has 18 heavy (non-hydrogen) atoms. The number of ether oxygens (including phenoxy) is 1. The Hall–Kier alpha value is 0.1000. The summed E-state index contributed by atoms with van der Waals surface area (Å²) in [6, 6.07) is 4.95. The summed E-state index contributed by atoms with van der Waals surface area (Å²) >= 11 is 5.34. The first-order valence-electron chi connectivity index (χ1n) is 6.73. The number of rotatable bonds is 5. The van der Waals surface area contributed by atoms with Gasteiger partial charge >= 0.3 is 0 Å². The molecule has 2 unspecified atom stereocenters. The summed E-state index contributed by atoms with van der Waals surface area (Å²) in [6.07, 6.45) is 4.50. The van der Waals surface area contributed by atoms with Crippen LogP contribution in [0.2, 0.25) is 0 Å². The largest absolute Gasteiger partial charge is 0.375 e. The lowest BCUT2D eigenvalue weighted by atomic mass is 9.90. The molecular weight excluding hydrogens is 310 g/mol. The first-order valence-corrected chi connectivity index (χ1v) is 8.34. The van der Waals surface area contributed by atoms with Gasteiger partial charge in [-0.1, -0.05) is 6.92 Å². The van der Waals surface area contributed by atoms with Crippen LogP contribution >= 0.6 is 27.3 Å². The van der Waals surface area contributed by atoms with Crippen LogP contribution in [0.25, 0.3) is 0 Å². The van der Waals surface area contributed by atoms with Crippen LogP contribution in [0.3, 0.4) is 0 Å². The Morgan fingerprint density at radius 3 is 3.06 bits per heavy atom. The molecule has 1 aliphatic heterocycles. The predicted octanol–water partition coefficient (Wildman–Crippen LogP) is 3.99. The fourth-order valence-corrected chi connectivity index (χ4v) is 3.92. The van der Waals surface area contributed by atoms with Gasteiger partial charge in [0, 0.05) is 24.1 Å². The molecule has 0 saturated carbocycles. The van der Waals surface area contributed by atoms with Crippen molar-refractivity contribution >= 4 is 27.3 Å². The van der Waals surface area contributed by atoms with Crippen molar-refractivity contribution in [1.29, 1.82) is 0 Å². The van der Waals surface area contributed by atoms with Crippen molar-refractivity contribution in [3.63, 3.8) is 0 Å². The van der Waals surface area contributed by atoms with Crippen LogP contribution in [0.5, 0.6) is 0 Å². The summed E-state index contributed by atoms with van der Waals surface area (Å²) in [6.45, 7) is 6.41. The van der Waals surface area contributed by atoms with Crippen molar-refractivity contribution in [1.82, 2.24) is 5.32 Å². The molecule has 2 nitrogen and oxygen atoms in total. The van der Waals surface area contributed by atoms with Crippen molar-refractivity contribution in [3.05, 3.63) is 20.8 Å². The molecule has 0 amide bonds. The van der Waals surface area contributed by atoms with Gasteiger partial charge in [-0.3, -0.25) is 0 Å². The zero-order valence-corrected chi connectivity index (χ0v) is 13.6. The molecule has 0 spiro atoms. The van der Waals surface area contributed by atoms with Crippen LogP contribution in [0.15, 0.2) is 15.9 Å². The second-order valence-electron chi connectivity index (χ2n) is 5.25. The summed E-state index contributed by atoms with van der Waals surface area (Å²) in [5.74, 6) is 0. The molecule has 1 N–H and O–H groups in total. The third kappa shape index (κ3) is 4.05. The van der Waals surface area contributed by atoms with Gasteiger partial charge in [0.25, 0.3) is 0 Å². The lowest BCUT2D eigenvalue weighted by Crippen LogP contribution is -2.45. The number of hydrogen-bond acceptors (Lipinski definition) is 3. The predicted molar refractivity (Wildman–Crippen MR) is 81.4 cm³/mol. The Morgan fingerprint density at radius 2 is 2.39 bits per heavy atom. The maximum absolute atomic E-state index is 5.87. The van der Waals surface area contributed by atoms with E-state index in [2.05, 4.69) is 47.2 Å². The molecule has 1 aromatic heterocycles. The highest BCUT2D eigenvalue weighted by Gasteiger charge is 2.31. The van der Waals surface area contributed by atoms with Gasteiger partial charge in [0.1, 0.15) is 0 Å². The lowest BCUT2D eigenvalue weighted by molar-refractivity contribution is -0.0778. The fraction of sp³-hybridized carbons (Fsp3) is 0.714. The topological polar surface area (TPSA) is 21.3 Å². The Bertz CT molecular complexity index is 382. The van der Waals surface area contributed by atoms with E-state index in [1.807, 2.05) is 11.3 Å². The molecule has 1 fully saturated rings. The standard InChI is InChI=1S/C14H22BrNOS/c1-3-14(2)10-11(7-9-17-14)16-8-6-12-4-5-13(15)18-12/h4-5,11,16H,3,6-10H2,1-2H3. The molecular formula is C14H22BrNOS.